The molecule has 1 rings (SSSR count). The van der Waals surface area contributed by atoms with Crippen molar-refractivity contribution in [2.45, 2.75) is 6.54 Å². The van der Waals surface area contributed by atoms with Crippen molar-refractivity contribution < 1.29 is 4.92 Å². The quantitative estimate of drug-likeness (QED) is 0.623. The predicted molar refractivity (Wildman–Crippen MR) is 48.7 cm³/mol. The lowest BCUT2D eigenvalue weighted by molar-refractivity contribution is -0.385. The fraction of sp³-hybridized carbons (Fsp3) is 0.143. The Morgan fingerprint density at radius 1 is 1.58 bits per heavy atom. The number of nitro groups is 1. The van der Waals surface area contributed by atoms with Gasteiger partial charge in [0.15, 0.2) is 0 Å². The zero-order valence-electron chi connectivity index (χ0n) is 6.16. The Kier molecular flexibility index (Phi) is 2.78. The van der Waals surface area contributed by atoms with Gasteiger partial charge in [-0.15, -0.1) is 0 Å². The molecule has 0 unspecified atom stereocenters. The molecular weight excluding hydrogens is 224 g/mol. The molecule has 0 atom stereocenters. The standard InChI is InChI=1S/C7H7BrN2O2/c8-6-1-2-7(10(11)12)5(3-6)4-9/h1-3H,4,9H2. The summed E-state index contributed by atoms with van der Waals surface area (Å²) in [6.07, 6.45) is 0. The molecule has 0 fully saturated rings. The van der Waals surface area contributed by atoms with Gasteiger partial charge in [-0.1, -0.05) is 15.9 Å². The molecule has 1 aromatic rings. The zero-order chi connectivity index (χ0) is 9.14. The maximum atomic E-state index is 10.4. The number of hydrogen-bond donors (Lipinski definition) is 1. The highest BCUT2D eigenvalue weighted by Crippen LogP contribution is 2.22. The minimum Gasteiger partial charge on any atom is -0.326 e. The monoisotopic (exact) mass is 230 g/mol. The van der Waals surface area contributed by atoms with Gasteiger partial charge in [0.1, 0.15) is 0 Å². The summed E-state index contributed by atoms with van der Waals surface area (Å²) >= 11 is 3.21. The number of hydrogen-bond acceptors (Lipinski definition) is 3. The smallest absolute Gasteiger partial charge is 0.273 e. The van der Waals surface area contributed by atoms with Crippen LogP contribution >= 0.6 is 15.9 Å². The van der Waals surface area contributed by atoms with Crippen molar-refractivity contribution in [3.63, 3.8) is 0 Å². The van der Waals surface area contributed by atoms with Crippen LogP contribution in [-0.2, 0) is 6.54 Å². The van der Waals surface area contributed by atoms with E-state index in [9.17, 15) is 10.1 Å². The van der Waals surface area contributed by atoms with Gasteiger partial charge in [0, 0.05) is 22.6 Å². The maximum Gasteiger partial charge on any atom is 0.273 e. The average Bonchev–Trinajstić information content (AvgIpc) is 2.03. The van der Waals surface area contributed by atoms with Crippen LogP contribution in [0.2, 0.25) is 0 Å². The van der Waals surface area contributed by atoms with Gasteiger partial charge in [0.25, 0.3) is 5.69 Å². The molecule has 0 saturated heterocycles. The summed E-state index contributed by atoms with van der Waals surface area (Å²) in [5.74, 6) is 0. The number of nitrogens with zero attached hydrogens (tertiary/aromatic N) is 1. The summed E-state index contributed by atoms with van der Waals surface area (Å²) in [4.78, 5) is 9.99. The first-order valence-corrected chi connectivity index (χ1v) is 4.07. The zero-order valence-corrected chi connectivity index (χ0v) is 7.74. The second-order valence-corrected chi connectivity index (χ2v) is 3.15. The van der Waals surface area contributed by atoms with E-state index in [4.69, 9.17) is 5.73 Å². The molecule has 0 saturated carbocycles. The van der Waals surface area contributed by atoms with Gasteiger partial charge in [0.2, 0.25) is 0 Å². The second-order valence-electron chi connectivity index (χ2n) is 2.23. The van der Waals surface area contributed by atoms with Crippen molar-refractivity contribution in [1.29, 1.82) is 0 Å². The molecule has 5 heteroatoms. The number of nitrogens with two attached hydrogens (primary N) is 1. The Morgan fingerprint density at radius 3 is 2.75 bits per heavy atom. The molecule has 0 aromatic heterocycles. The Bertz CT molecular complexity index is 314. The molecule has 0 bridgehead atoms. The summed E-state index contributed by atoms with van der Waals surface area (Å²) in [6, 6.07) is 4.71. The van der Waals surface area contributed by atoms with Crippen LogP contribution in [0.5, 0.6) is 0 Å². The molecule has 0 aliphatic heterocycles. The maximum absolute atomic E-state index is 10.4. The SMILES string of the molecule is NCc1cc(Br)ccc1[N+](=O)[O-]. The van der Waals surface area contributed by atoms with Crippen LogP contribution in [0.1, 0.15) is 5.56 Å². The van der Waals surface area contributed by atoms with Crippen LogP contribution in [0.4, 0.5) is 5.69 Å². The molecule has 0 radical (unpaired) electrons. The van der Waals surface area contributed by atoms with Crippen LogP contribution < -0.4 is 5.73 Å². The van der Waals surface area contributed by atoms with E-state index < -0.39 is 4.92 Å². The Hall–Kier alpha value is -0.940. The van der Waals surface area contributed by atoms with Gasteiger partial charge in [-0.05, 0) is 12.1 Å². The van der Waals surface area contributed by atoms with Crippen LogP contribution in [0.3, 0.4) is 0 Å². The van der Waals surface area contributed by atoms with Crippen molar-refractivity contribution in [3.05, 3.63) is 38.3 Å². The molecule has 0 aliphatic rings. The van der Waals surface area contributed by atoms with Crippen molar-refractivity contribution in [1.82, 2.24) is 0 Å². The molecular formula is C7H7BrN2O2. The summed E-state index contributed by atoms with van der Waals surface area (Å²) in [6.45, 7) is 0.176. The highest BCUT2D eigenvalue weighted by molar-refractivity contribution is 9.10. The topological polar surface area (TPSA) is 69.2 Å². The summed E-state index contributed by atoms with van der Waals surface area (Å²) in [5.41, 5.74) is 5.94. The number of rotatable bonds is 2. The number of halogens is 1. The van der Waals surface area contributed by atoms with E-state index in [2.05, 4.69) is 15.9 Å². The predicted octanol–water partition coefficient (Wildman–Crippen LogP) is 1.82. The van der Waals surface area contributed by atoms with Gasteiger partial charge in [-0.25, -0.2) is 0 Å². The minimum absolute atomic E-state index is 0.0701. The molecule has 2 N–H and O–H groups in total. The molecule has 4 nitrogen and oxygen atoms in total. The van der Waals surface area contributed by atoms with E-state index in [1.54, 1.807) is 12.1 Å². The van der Waals surface area contributed by atoms with Crippen LogP contribution in [-0.4, -0.2) is 4.92 Å². The van der Waals surface area contributed by atoms with Crippen molar-refractivity contribution in [3.8, 4) is 0 Å². The summed E-state index contributed by atoms with van der Waals surface area (Å²) < 4.78 is 0.800. The normalized spacial score (nSPS) is 9.83. The van der Waals surface area contributed by atoms with Crippen molar-refractivity contribution in [2.24, 2.45) is 5.73 Å². The molecule has 0 amide bonds. The first kappa shape index (κ1) is 9.15. The summed E-state index contributed by atoms with van der Waals surface area (Å²) in [5, 5.41) is 10.4. The van der Waals surface area contributed by atoms with Crippen LogP contribution in [0.15, 0.2) is 22.7 Å². The molecule has 12 heavy (non-hydrogen) atoms. The Balaban J connectivity index is 3.20. The number of benzene rings is 1. The minimum atomic E-state index is -0.436. The third-order valence-corrected chi connectivity index (χ3v) is 1.95. The summed E-state index contributed by atoms with van der Waals surface area (Å²) in [7, 11) is 0. The average molecular weight is 231 g/mol. The van der Waals surface area contributed by atoms with E-state index in [0.717, 1.165) is 4.47 Å². The second kappa shape index (κ2) is 3.64. The Morgan fingerprint density at radius 2 is 2.25 bits per heavy atom. The fourth-order valence-corrected chi connectivity index (χ4v) is 1.30. The number of nitro benzene ring substituents is 1. The first-order chi connectivity index (χ1) is 5.65. The lowest BCUT2D eigenvalue weighted by Gasteiger charge is -1.99. The first-order valence-electron chi connectivity index (χ1n) is 3.28. The largest absolute Gasteiger partial charge is 0.326 e. The van der Waals surface area contributed by atoms with E-state index >= 15 is 0 Å². The molecule has 0 spiro atoms. The highest BCUT2D eigenvalue weighted by atomic mass is 79.9. The third kappa shape index (κ3) is 1.80. The molecule has 0 heterocycles. The molecule has 1 aromatic carbocycles. The lowest BCUT2D eigenvalue weighted by Crippen LogP contribution is -2.01. The van der Waals surface area contributed by atoms with Gasteiger partial charge in [-0.3, -0.25) is 10.1 Å². The van der Waals surface area contributed by atoms with Crippen molar-refractivity contribution in [2.75, 3.05) is 0 Å². The molecule has 0 aliphatic carbocycles. The van der Waals surface area contributed by atoms with Crippen LogP contribution in [0.25, 0.3) is 0 Å². The highest BCUT2D eigenvalue weighted by Gasteiger charge is 2.11. The molecule has 64 valence electrons. The van der Waals surface area contributed by atoms with Crippen LogP contribution in [0, 0.1) is 10.1 Å². The van der Waals surface area contributed by atoms with Crippen molar-refractivity contribution >= 4 is 21.6 Å². The van der Waals surface area contributed by atoms with E-state index in [1.807, 2.05) is 0 Å². The van der Waals surface area contributed by atoms with Gasteiger partial charge in [0.05, 0.1) is 4.92 Å². The van der Waals surface area contributed by atoms with Gasteiger partial charge in [-0.2, -0.15) is 0 Å². The third-order valence-electron chi connectivity index (χ3n) is 1.46. The van der Waals surface area contributed by atoms with Gasteiger partial charge < -0.3 is 5.73 Å². The van der Waals surface area contributed by atoms with E-state index in [0.29, 0.717) is 5.56 Å². The fourth-order valence-electron chi connectivity index (χ4n) is 0.896. The van der Waals surface area contributed by atoms with E-state index in [-0.39, 0.29) is 12.2 Å². The Labute approximate surface area is 77.7 Å². The van der Waals surface area contributed by atoms with E-state index in [1.165, 1.54) is 6.07 Å². The van der Waals surface area contributed by atoms with Gasteiger partial charge >= 0.3 is 0 Å². The lowest BCUT2D eigenvalue weighted by atomic mass is 10.2.